The molecule has 1 N–H and O–H groups in total. The summed E-state index contributed by atoms with van der Waals surface area (Å²) in [6.07, 6.45) is 1.40. The molecule has 1 rings (SSSR count). The highest BCUT2D eigenvalue weighted by Gasteiger charge is 2.26. The van der Waals surface area contributed by atoms with Gasteiger partial charge in [-0.05, 0) is 31.5 Å². The minimum Gasteiger partial charge on any atom is -0.496 e. The van der Waals surface area contributed by atoms with Crippen LogP contribution in [0.5, 0.6) is 5.75 Å². The van der Waals surface area contributed by atoms with Gasteiger partial charge in [-0.1, -0.05) is 13.3 Å². The van der Waals surface area contributed by atoms with E-state index in [2.05, 4.69) is 0 Å². The maximum atomic E-state index is 13.1. The summed E-state index contributed by atoms with van der Waals surface area (Å²) in [5, 5.41) is 10.2. The van der Waals surface area contributed by atoms with Gasteiger partial charge in [0.25, 0.3) is 0 Å². The number of hydrogen-bond acceptors (Lipinski definition) is 2. The SMILES string of the molecule is CCC[C@](C)(O)c1cc(F)ccc1OC. The Morgan fingerprint density at radius 3 is 2.67 bits per heavy atom. The van der Waals surface area contributed by atoms with Crippen LogP contribution in [-0.2, 0) is 5.60 Å². The van der Waals surface area contributed by atoms with E-state index in [0.717, 1.165) is 6.42 Å². The van der Waals surface area contributed by atoms with Gasteiger partial charge in [-0.3, -0.25) is 0 Å². The smallest absolute Gasteiger partial charge is 0.125 e. The molecule has 0 unspecified atom stereocenters. The van der Waals surface area contributed by atoms with Gasteiger partial charge in [-0.2, -0.15) is 0 Å². The van der Waals surface area contributed by atoms with Crippen LogP contribution in [0, 0.1) is 5.82 Å². The molecule has 0 bridgehead atoms. The van der Waals surface area contributed by atoms with Gasteiger partial charge in [0, 0.05) is 5.56 Å². The number of hydrogen-bond donors (Lipinski definition) is 1. The first-order chi connectivity index (χ1) is 7.01. The van der Waals surface area contributed by atoms with Crippen molar-refractivity contribution in [1.29, 1.82) is 0 Å². The topological polar surface area (TPSA) is 29.5 Å². The summed E-state index contributed by atoms with van der Waals surface area (Å²) in [4.78, 5) is 0. The first-order valence-electron chi connectivity index (χ1n) is 5.07. The van der Waals surface area contributed by atoms with Crippen LogP contribution in [0.15, 0.2) is 18.2 Å². The Hall–Kier alpha value is -1.09. The normalized spacial score (nSPS) is 14.7. The van der Waals surface area contributed by atoms with E-state index in [9.17, 15) is 9.50 Å². The van der Waals surface area contributed by atoms with Crippen LogP contribution < -0.4 is 4.74 Å². The van der Waals surface area contributed by atoms with Crippen molar-refractivity contribution < 1.29 is 14.2 Å². The van der Waals surface area contributed by atoms with Crippen LogP contribution in [0.2, 0.25) is 0 Å². The standard InChI is InChI=1S/C12H17FO2/c1-4-7-12(2,14)10-8-9(13)5-6-11(10)15-3/h5-6,8,14H,4,7H2,1-3H3/t12-/m0/s1. The molecule has 0 fully saturated rings. The van der Waals surface area contributed by atoms with Gasteiger partial charge in [0.05, 0.1) is 12.7 Å². The second kappa shape index (κ2) is 4.62. The number of halogens is 1. The molecule has 3 heteroatoms. The van der Waals surface area contributed by atoms with Crippen LogP contribution in [0.3, 0.4) is 0 Å². The molecule has 1 aromatic carbocycles. The van der Waals surface area contributed by atoms with E-state index in [-0.39, 0.29) is 5.82 Å². The highest BCUT2D eigenvalue weighted by molar-refractivity contribution is 5.38. The zero-order valence-electron chi connectivity index (χ0n) is 9.38. The van der Waals surface area contributed by atoms with Crippen molar-refractivity contribution in [2.45, 2.75) is 32.3 Å². The van der Waals surface area contributed by atoms with Gasteiger partial charge in [0.15, 0.2) is 0 Å². The second-order valence-corrected chi connectivity index (χ2v) is 3.87. The minimum atomic E-state index is -1.04. The van der Waals surface area contributed by atoms with Crippen LogP contribution in [0.25, 0.3) is 0 Å². The third-order valence-corrected chi connectivity index (χ3v) is 2.48. The largest absolute Gasteiger partial charge is 0.496 e. The Balaban J connectivity index is 3.15. The lowest BCUT2D eigenvalue weighted by atomic mass is 9.90. The second-order valence-electron chi connectivity index (χ2n) is 3.87. The molecule has 0 saturated carbocycles. The summed E-state index contributed by atoms with van der Waals surface area (Å²) in [6.45, 7) is 3.65. The van der Waals surface area contributed by atoms with E-state index in [0.29, 0.717) is 17.7 Å². The van der Waals surface area contributed by atoms with Gasteiger partial charge < -0.3 is 9.84 Å². The molecule has 0 radical (unpaired) electrons. The van der Waals surface area contributed by atoms with Gasteiger partial charge in [-0.15, -0.1) is 0 Å². The van der Waals surface area contributed by atoms with Gasteiger partial charge in [0.2, 0.25) is 0 Å². The Morgan fingerprint density at radius 2 is 2.13 bits per heavy atom. The van der Waals surface area contributed by atoms with Gasteiger partial charge >= 0.3 is 0 Å². The Morgan fingerprint density at radius 1 is 1.47 bits per heavy atom. The molecular formula is C12H17FO2. The molecule has 2 nitrogen and oxygen atoms in total. The fraction of sp³-hybridized carbons (Fsp3) is 0.500. The van der Waals surface area contributed by atoms with Gasteiger partial charge in [-0.25, -0.2) is 4.39 Å². The first-order valence-corrected chi connectivity index (χ1v) is 5.07. The fourth-order valence-electron chi connectivity index (χ4n) is 1.72. The van der Waals surface area contributed by atoms with Crippen molar-refractivity contribution in [3.63, 3.8) is 0 Å². The molecule has 0 aliphatic heterocycles. The molecule has 1 atom stereocenters. The molecule has 0 aromatic heterocycles. The number of aliphatic hydroxyl groups is 1. The molecule has 0 heterocycles. The van der Waals surface area contributed by atoms with E-state index in [1.54, 1.807) is 6.92 Å². The van der Waals surface area contributed by atoms with Crippen LogP contribution in [-0.4, -0.2) is 12.2 Å². The molecule has 0 amide bonds. The van der Waals surface area contributed by atoms with Crippen LogP contribution in [0.4, 0.5) is 4.39 Å². The Kier molecular flexibility index (Phi) is 3.69. The third-order valence-electron chi connectivity index (χ3n) is 2.48. The summed E-state index contributed by atoms with van der Waals surface area (Å²) >= 11 is 0. The van der Waals surface area contributed by atoms with Gasteiger partial charge in [0.1, 0.15) is 11.6 Å². The molecule has 0 saturated heterocycles. The number of methoxy groups -OCH3 is 1. The van der Waals surface area contributed by atoms with Crippen LogP contribution in [0.1, 0.15) is 32.3 Å². The molecule has 0 aliphatic rings. The predicted octanol–water partition coefficient (Wildman–Crippen LogP) is 2.84. The zero-order valence-corrected chi connectivity index (χ0v) is 9.38. The van der Waals surface area contributed by atoms with Crippen molar-refractivity contribution in [2.75, 3.05) is 7.11 Å². The van der Waals surface area contributed by atoms with E-state index in [1.807, 2.05) is 6.92 Å². The lowest BCUT2D eigenvalue weighted by Crippen LogP contribution is -2.21. The van der Waals surface area contributed by atoms with E-state index in [1.165, 1.54) is 25.3 Å². The van der Waals surface area contributed by atoms with Crippen LogP contribution >= 0.6 is 0 Å². The minimum absolute atomic E-state index is 0.359. The van der Waals surface area contributed by atoms with Crippen molar-refractivity contribution >= 4 is 0 Å². The fourth-order valence-corrected chi connectivity index (χ4v) is 1.72. The molecular weight excluding hydrogens is 195 g/mol. The summed E-state index contributed by atoms with van der Waals surface area (Å²) in [5.41, 5.74) is -0.533. The summed E-state index contributed by atoms with van der Waals surface area (Å²) in [5.74, 6) is 0.164. The van der Waals surface area contributed by atoms with E-state index < -0.39 is 5.60 Å². The molecule has 0 spiro atoms. The monoisotopic (exact) mass is 212 g/mol. The predicted molar refractivity (Wildman–Crippen MR) is 57.4 cm³/mol. The third kappa shape index (κ3) is 2.69. The molecule has 84 valence electrons. The average Bonchev–Trinajstić information content (AvgIpc) is 2.17. The number of benzene rings is 1. The molecule has 15 heavy (non-hydrogen) atoms. The molecule has 1 aromatic rings. The van der Waals surface area contributed by atoms with Crippen molar-refractivity contribution in [3.05, 3.63) is 29.6 Å². The molecule has 0 aliphatic carbocycles. The highest BCUT2D eigenvalue weighted by atomic mass is 19.1. The average molecular weight is 212 g/mol. The Bertz CT molecular complexity index is 334. The summed E-state index contributed by atoms with van der Waals surface area (Å²) < 4.78 is 18.2. The Labute approximate surface area is 89.7 Å². The maximum Gasteiger partial charge on any atom is 0.125 e. The maximum absolute atomic E-state index is 13.1. The highest BCUT2D eigenvalue weighted by Crippen LogP contribution is 2.33. The summed E-state index contributed by atoms with van der Waals surface area (Å²) in [7, 11) is 1.51. The van der Waals surface area contributed by atoms with Crippen molar-refractivity contribution in [2.24, 2.45) is 0 Å². The van der Waals surface area contributed by atoms with Crippen molar-refractivity contribution in [3.8, 4) is 5.75 Å². The first kappa shape index (κ1) is 12.0. The zero-order chi connectivity index (χ0) is 11.5. The van der Waals surface area contributed by atoms with E-state index >= 15 is 0 Å². The quantitative estimate of drug-likeness (QED) is 0.831. The number of ether oxygens (including phenoxy) is 1. The lowest BCUT2D eigenvalue weighted by molar-refractivity contribution is 0.0441. The van der Waals surface area contributed by atoms with Crippen molar-refractivity contribution in [1.82, 2.24) is 0 Å². The van der Waals surface area contributed by atoms with E-state index in [4.69, 9.17) is 4.74 Å². The summed E-state index contributed by atoms with van der Waals surface area (Å²) in [6, 6.07) is 4.19. The number of rotatable bonds is 4. The lowest BCUT2D eigenvalue weighted by Gasteiger charge is -2.25.